The molecule has 1 aliphatic rings. The van der Waals surface area contributed by atoms with Crippen molar-refractivity contribution in [3.8, 4) is 0 Å². The van der Waals surface area contributed by atoms with E-state index in [1.807, 2.05) is 13.8 Å². The van der Waals surface area contributed by atoms with Crippen LogP contribution in [0.15, 0.2) is 5.16 Å². The van der Waals surface area contributed by atoms with Crippen molar-refractivity contribution in [2.45, 2.75) is 32.8 Å². The van der Waals surface area contributed by atoms with Crippen LogP contribution < -0.4 is 5.73 Å². The fraction of sp³-hybridized carbons (Fsp3) is 0.818. The Morgan fingerprint density at radius 1 is 1.71 bits per heavy atom. The highest BCUT2D eigenvalue weighted by Gasteiger charge is 2.30. The van der Waals surface area contributed by atoms with Gasteiger partial charge in [-0.05, 0) is 13.3 Å². The van der Waals surface area contributed by atoms with E-state index in [1.54, 1.807) is 4.90 Å². The highest BCUT2D eigenvalue weighted by atomic mass is 16.5. The minimum absolute atomic E-state index is 0.00371. The summed E-state index contributed by atoms with van der Waals surface area (Å²) in [5, 5.41) is 11.7. The predicted octanol–water partition coefficient (Wildman–Crippen LogP) is 0.396. The van der Waals surface area contributed by atoms with Gasteiger partial charge in [-0.25, -0.2) is 0 Å². The molecule has 1 aliphatic heterocycles. The molecule has 3 N–H and O–H groups in total. The second-order valence-electron chi connectivity index (χ2n) is 4.33. The van der Waals surface area contributed by atoms with Gasteiger partial charge in [-0.15, -0.1) is 0 Å². The van der Waals surface area contributed by atoms with Crippen molar-refractivity contribution < 1.29 is 14.7 Å². The quantitative estimate of drug-likeness (QED) is 0.324. The number of nitrogens with zero attached hydrogens (tertiary/aromatic N) is 2. The molecular weight excluding hydrogens is 222 g/mol. The Morgan fingerprint density at radius 3 is 2.94 bits per heavy atom. The van der Waals surface area contributed by atoms with Crippen molar-refractivity contribution in [2.24, 2.45) is 16.8 Å². The Morgan fingerprint density at radius 2 is 2.41 bits per heavy atom. The third kappa shape index (κ3) is 3.59. The average Bonchev–Trinajstić information content (AvgIpc) is 2.34. The van der Waals surface area contributed by atoms with Crippen LogP contribution in [0.2, 0.25) is 0 Å². The van der Waals surface area contributed by atoms with Gasteiger partial charge in [0, 0.05) is 13.1 Å². The van der Waals surface area contributed by atoms with E-state index in [0.29, 0.717) is 26.1 Å². The number of carbonyl (C=O) groups excluding carboxylic acids is 1. The van der Waals surface area contributed by atoms with Gasteiger partial charge >= 0.3 is 0 Å². The first-order valence-corrected chi connectivity index (χ1v) is 5.98. The van der Waals surface area contributed by atoms with E-state index >= 15 is 0 Å². The van der Waals surface area contributed by atoms with E-state index in [1.165, 1.54) is 0 Å². The molecule has 1 saturated heterocycles. The SMILES string of the molecule is CCCC(C(=O)N1CCOC(C)C1)C(N)=NO. The van der Waals surface area contributed by atoms with Gasteiger partial charge in [-0.1, -0.05) is 18.5 Å². The molecule has 0 saturated carbocycles. The van der Waals surface area contributed by atoms with Crippen LogP contribution in [0, 0.1) is 5.92 Å². The number of amides is 1. The molecule has 6 nitrogen and oxygen atoms in total. The summed E-state index contributed by atoms with van der Waals surface area (Å²) in [4.78, 5) is 14.0. The summed E-state index contributed by atoms with van der Waals surface area (Å²) in [5.41, 5.74) is 5.57. The molecule has 1 fully saturated rings. The normalized spacial score (nSPS) is 23.5. The summed E-state index contributed by atoms with van der Waals surface area (Å²) < 4.78 is 5.38. The first kappa shape index (κ1) is 13.8. The molecule has 2 unspecified atom stereocenters. The van der Waals surface area contributed by atoms with Crippen LogP contribution in [-0.4, -0.2) is 47.7 Å². The van der Waals surface area contributed by atoms with Gasteiger partial charge in [-0.2, -0.15) is 0 Å². The average molecular weight is 243 g/mol. The molecule has 6 heteroatoms. The minimum Gasteiger partial charge on any atom is -0.409 e. The molecule has 0 bridgehead atoms. The molecule has 0 aliphatic carbocycles. The molecule has 98 valence electrons. The zero-order valence-corrected chi connectivity index (χ0v) is 10.4. The number of hydrogen-bond acceptors (Lipinski definition) is 4. The zero-order valence-electron chi connectivity index (χ0n) is 10.4. The maximum atomic E-state index is 12.2. The maximum Gasteiger partial charge on any atom is 0.233 e. The van der Waals surface area contributed by atoms with Gasteiger partial charge in [-0.3, -0.25) is 4.79 Å². The van der Waals surface area contributed by atoms with Crippen molar-refractivity contribution in [1.29, 1.82) is 0 Å². The van der Waals surface area contributed by atoms with E-state index in [0.717, 1.165) is 6.42 Å². The number of morpholine rings is 1. The van der Waals surface area contributed by atoms with Gasteiger partial charge in [0.2, 0.25) is 5.91 Å². The van der Waals surface area contributed by atoms with Crippen molar-refractivity contribution in [2.75, 3.05) is 19.7 Å². The number of rotatable bonds is 4. The molecule has 0 aromatic heterocycles. The van der Waals surface area contributed by atoms with Gasteiger partial charge in [0.05, 0.1) is 18.6 Å². The second kappa shape index (κ2) is 6.44. The standard InChI is InChI=1S/C11H21N3O3/c1-3-4-9(10(12)13-16)11(15)14-5-6-17-8(2)7-14/h8-9,16H,3-7H2,1-2H3,(H2,12,13). The molecule has 17 heavy (non-hydrogen) atoms. The van der Waals surface area contributed by atoms with Crippen LogP contribution >= 0.6 is 0 Å². The molecule has 0 spiro atoms. The lowest BCUT2D eigenvalue weighted by molar-refractivity contribution is -0.140. The number of amidine groups is 1. The Labute approximate surface area is 101 Å². The Hall–Kier alpha value is -1.30. The molecule has 0 aromatic rings. The summed E-state index contributed by atoms with van der Waals surface area (Å²) in [6.45, 7) is 5.58. The number of nitrogens with two attached hydrogens (primary N) is 1. The predicted molar refractivity (Wildman–Crippen MR) is 63.8 cm³/mol. The molecule has 0 radical (unpaired) electrons. The van der Waals surface area contributed by atoms with E-state index in [4.69, 9.17) is 15.7 Å². The molecule has 1 rings (SSSR count). The van der Waals surface area contributed by atoms with E-state index in [-0.39, 0.29) is 17.8 Å². The number of hydrogen-bond donors (Lipinski definition) is 2. The van der Waals surface area contributed by atoms with Crippen LogP contribution in [-0.2, 0) is 9.53 Å². The molecular formula is C11H21N3O3. The van der Waals surface area contributed by atoms with Gasteiger partial charge in [0.1, 0.15) is 0 Å². The lowest BCUT2D eigenvalue weighted by atomic mass is 10.0. The van der Waals surface area contributed by atoms with Gasteiger partial charge in [0.15, 0.2) is 5.84 Å². The summed E-state index contributed by atoms with van der Waals surface area (Å²) in [5.74, 6) is -0.594. The molecule has 2 atom stereocenters. The fourth-order valence-corrected chi connectivity index (χ4v) is 2.00. The number of carbonyl (C=O) groups is 1. The topological polar surface area (TPSA) is 88.2 Å². The van der Waals surface area contributed by atoms with Crippen LogP contribution in [0.1, 0.15) is 26.7 Å². The largest absolute Gasteiger partial charge is 0.409 e. The third-order valence-corrected chi connectivity index (χ3v) is 2.90. The third-order valence-electron chi connectivity index (χ3n) is 2.90. The van der Waals surface area contributed by atoms with Crippen molar-refractivity contribution in [3.05, 3.63) is 0 Å². The molecule has 1 amide bonds. The number of ether oxygens (including phenoxy) is 1. The summed E-state index contributed by atoms with van der Waals surface area (Å²) >= 11 is 0. The maximum absolute atomic E-state index is 12.2. The van der Waals surface area contributed by atoms with Crippen molar-refractivity contribution in [3.63, 3.8) is 0 Å². The van der Waals surface area contributed by atoms with E-state index in [2.05, 4.69) is 5.16 Å². The first-order chi connectivity index (χ1) is 8.10. The highest BCUT2D eigenvalue weighted by Crippen LogP contribution is 2.14. The van der Waals surface area contributed by atoms with Crippen LogP contribution in [0.3, 0.4) is 0 Å². The van der Waals surface area contributed by atoms with E-state index in [9.17, 15) is 4.79 Å². The zero-order chi connectivity index (χ0) is 12.8. The summed E-state index contributed by atoms with van der Waals surface area (Å²) in [6.07, 6.45) is 1.45. The Kier molecular flexibility index (Phi) is 5.21. The van der Waals surface area contributed by atoms with Crippen LogP contribution in [0.4, 0.5) is 0 Å². The molecule has 1 heterocycles. The smallest absolute Gasteiger partial charge is 0.233 e. The first-order valence-electron chi connectivity index (χ1n) is 5.98. The van der Waals surface area contributed by atoms with Crippen LogP contribution in [0.5, 0.6) is 0 Å². The van der Waals surface area contributed by atoms with Gasteiger partial charge in [0.25, 0.3) is 0 Å². The van der Waals surface area contributed by atoms with Crippen molar-refractivity contribution in [1.82, 2.24) is 4.90 Å². The lowest BCUT2D eigenvalue weighted by Crippen LogP contribution is -2.49. The summed E-state index contributed by atoms with van der Waals surface area (Å²) in [7, 11) is 0. The minimum atomic E-state index is -0.518. The van der Waals surface area contributed by atoms with Crippen molar-refractivity contribution >= 4 is 11.7 Å². The van der Waals surface area contributed by atoms with Crippen LogP contribution in [0.25, 0.3) is 0 Å². The highest BCUT2D eigenvalue weighted by molar-refractivity contribution is 6.02. The Bertz CT molecular complexity index is 294. The molecule has 0 aromatic carbocycles. The second-order valence-corrected chi connectivity index (χ2v) is 4.33. The Balaban J connectivity index is 2.69. The lowest BCUT2D eigenvalue weighted by Gasteiger charge is -2.33. The monoisotopic (exact) mass is 243 g/mol. The van der Waals surface area contributed by atoms with E-state index < -0.39 is 5.92 Å². The number of oxime groups is 1. The van der Waals surface area contributed by atoms with Gasteiger partial charge < -0.3 is 20.6 Å². The summed E-state index contributed by atoms with van der Waals surface area (Å²) in [6, 6.07) is 0. The fourth-order valence-electron chi connectivity index (χ4n) is 2.00.